The number of hydrogen-bond acceptors (Lipinski definition) is 4. The molecular weight excluding hydrogens is 304 g/mol. The van der Waals surface area contributed by atoms with Gasteiger partial charge in [-0.25, -0.2) is 9.59 Å². The number of unbranched alkanes of at least 4 members (excludes halogenated alkanes) is 4. The second kappa shape index (κ2) is 17.0. The predicted octanol–water partition coefficient (Wildman–Crippen LogP) is 5.15. The number of esters is 2. The third-order valence-electron chi connectivity index (χ3n) is 2.82. The Bertz CT molecular complexity index is 438. The van der Waals surface area contributed by atoms with Crippen molar-refractivity contribution < 1.29 is 19.1 Å². The Hall–Kier alpha value is -2.36. The van der Waals surface area contributed by atoms with Gasteiger partial charge in [-0.15, -0.1) is 0 Å². The molecule has 0 fully saturated rings. The van der Waals surface area contributed by atoms with E-state index >= 15 is 0 Å². The molecule has 0 aliphatic heterocycles. The molecule has 0 aromatic carbocycles. The second-order valence-electron chi connectivity index (χ2n) is 5.00. The summed E-state index contributed by atoms with van der Waals surface area (Å²) >= 11 is 0. The van der Waals surface area contributed by atoms with Crippen LogP contribution in [0, 0.1) is 0 Å². The van der Waals surface area contributed by atoms with Crippen molar-refractivity contribution in [2.45, 2.75) is 52.4 Å². The summed E-state index contributed by atoms with van der Waals surface area (Å²) in [4.78, 5) is 22.7. The lowest BCUT2D eigenvalue weighted by Crippen LogP contribution is -1.98. The highest BCUT2D eigenvalue weighted by Gasteiger charge is 1.97. The first kappa shape index (κ1) is 21.6. The third kappa shape index (κ3) is 16.0. The van der Waals surface area contributed by atoms with Gasteiger partial charge in [0, 0.05) is 12.2 Å². The Morgan fingerprint density at radius 3 is 1.50 bits per heavy atom. The average Bonchev–Trinajstić information content (AvgIpc) is 2.58. The SMILES string of the molecule is CCCC/C=C/C=C/OC(=O)/C=C/C(=O)O/C=C/C=C/CCCC. The normalized spacial score (nSPS) is 12.2. The van der Waals surface area contributed by atoms with Crippen LogP contribution in [0.5, 0.6) is 0 Å². The minimum atomic E-state index is -0.631. The van der Waals surface area contributed by atoms with E-state index in [9.17, 15) is 9.59 Å². The van der Waals surface area contributed by atoms with Crippen LogP contribution < -0.4 is 0 Å². The van der Waals surface area contributed by atoms with Gasteiger partial charge in [0.15, 0.2) is 0 Å². The predicted molar refractivity (Wildman–Crippen MR) is 96.9 cm³/mol. The lowest BCUT2D eigenvalue weighted by atomic mass is 10.2. The molecular formula is C20H28O4. The summed E-state index contributed by atoms with van der Waals surface area (Å²) in [5.74, 6) is -1.26. The van der Waals surface area contributed by atoms with Gasteiger partial charge >= 0.3 is 11.9 Å². The summed E-state index contributed by atoms with van der Waals surface area (Å²) in [5.41, 5.74) is 0. The quantitative estimate of drug-likeness (QED) is 0.163. The molecule has 0 bridgehead atoms. The standard InChI is InChI=1S/C20H28O4/c1-3-5-7-9-11-13-17-23-19(21)15-16-20(22)24-18-14-12-10-8-6-4-2/h9-18H,3-8H2,1-2H3/b11-9+,12-10+,16-15+,17-13+,18-14+. The topological polar surface area (TPSA) is 52.6 Å². The molecule has 132 valence electrons. The number of allylic oxidation sites excluding steroid dienone is 6. The van der Waals surface area contributed by atoms with Gasteiger partial charge in [-0.2, -0.15) is 0 Å². The first-order chi connectivity index (χ1) is 11.7. The van der Waals surface area contributed by atoms with Crippen molar-refractivity contribution in [3.05, 3.63) is 61.1 Å². The lowest BCUT2D eigenvalue weighted by Gasteiger charge is -1.93. The minimum Gasteiger partial charge on any atom is -0.431 e. The van der Waals surface area contributed by atoms with Gasteiger partial charge in [-0.3, -0.25) is 0 Å². The van der Waals surface area contributed by atoms with Gasteiger partial charge in [0.1, 0.15) is 0 Å². The zero-order valence-electron chi connectivity index (χ0n) is 14.6. The molecule has 0 rings (SSSR count). The van der Waals surface area contributed by atoms with Crippen LogP contribution in [0.4, 0.5) is 0 Å². The monoisotopic (exact) mass is 332 g/mol. The Labute approximate surface area is 145 Å². The molecule has 0 aliphatic carbocycles. The van der Waals surface area contributed by atoms with Crippen molar-refractivity contribution in [3.8, 4) is 0 Å². The minimum absolute atomic E-state index is 0.631. The smallest absolute Gasteiger partial charge is 0.335 e. The second-order valence-corrected chi connectivity index (χ2v) is 5.00. The van der Waals surface area contributed by atoms with E-state index in [-0.39, 0.29) is 0 Å². The van der Waals surface area contributed by atoms with Crippen LogP contribution in [-0.4, -0.2) is 11.9 Å². The van der Waals surface area contributed by atoms with Crippen LogP contribution in [0.2, 0.25) is 0 Å². The fourth-order valence-corrected chi connectivity index (χ4v) is 1.51. The molecule has 4 heteroatoms. The molecule has 0 N–H and O–H groups in total. The van der Waals surface area contributed by atoms with E-state index in [4.69, 9.17) is 9.47 Å². The van der Waals surface area contributed by atoms with Crippen molar-refractivity contribution in [2.75, 3.05) is 0 Å². The Balaban J connectivity index is 3.90. The fraction of sp³-hybridized carbons (Fsp3) is 0.400. The van der Waals surface area contributed by atoms with Crippen LogP contribution in [0.25, 0.3) is 0 Å². The number of carbonyl (C=O) groups is 2. The Kier molecular flexibility index (Phi) is 15.3. The van der Waals surface area contributed by atoms with E-state index in [2.05, 4.69) is 13.8 Å². The molecule has 0 aromatic rings. The molecule has 0 aliphatic rings. The number of hydrogen-bond donors (Lipinski definition) is 0. The molecule has 0 heterocycles. The Morgan fingerprint density at radius 2 is 1.12 bits per heavy atom. The Morgan fingerprint density at radius 1 is 0.708 bits per heavy atom. The maximum absolute atomic E-state index is 11.3. The number of carbonyl (C=O) groups excluding carboxylic acids is 2. The summed E-state index contributed by atoms with van der Waals surface area (Å²) < 4.78 is 9.57. The highest BCUT2D eigenvalue weighted by atomic mass is 16.5. The fourth-order valence-electron chi connectivity index (χ4n) is 1.51. The maximum atomic E-state index is 11.3. The molecule has 0 saturated carbocycles. The number of ether oxygens (including phenoxy) is 2. The van der Waals surface area contributed by atoms with Gasteiger partial charge in [-0.05, 0) is 25.0 Å². The van der Waals surface area contributed by atoms with Gasteiger partial charge in [-0.1, -0.05) is 63.8 Å². The van der Waals surface area contributed by atoms with Crippen molar-refractivity contribution in [1.29, 1.82) is 0 Å². The summed E-state index contributed by atoms with van der Waals surface area (Å²) in [6.07, 6.45) is 22.1. The average molecular weight is 332 g/mol. The van der Waals surface area contributed by atoms with E-state index in [1.165, 1.54) is 12.5 Å². The molecule has 0 amide bonds. The van der Waals surface area contributed by atoms with Crippen LogP contribution in [0.3, 0.4) is 0 Å². The summed E-state index contributed by atoms with van der Waals surface area (Å²) in [7, 11) is 0. The van der Waals surface area contributed by atoms with Crippen molar-refractivity contribution in [2.24, 2.45) is 0 Å². The molecule has 4 nitrogen and oxygen atoms in total. The summed E-state index contributed by atoms with van der Waals surface area (Å²) in [5, 5.41) is 0. The van der Waals surface area contributed by atoms with Crippen LogP contribution in [-0.2, 0) is 19.1 Å². The zero-order chi connectivity index (χ0) is 17.9. The molecule has 0 unspecified atom stereocenters. The highest BCUT2D eigenvalue weighted by Crippen LogP contribution is 1.96. The van der Waals surface area contributed by atoms with Crippen molar-refractivity contribution >= 4 is 11.9 Å². The molecule has 0 saturated heterocycles. The van der Waals surface area contributed by atoms with E-state index in [1.807, 2.05) is 24.3 Å². The third-order valence-corrected chi connectivity index (χ3v) is 2.82. The van der Waals surface area contributed by atoms with Gasteiger partial charge < -0.3 is 9.47 Å². The summed E-state index contributed by atoms with van der Waals surface area (Å²) in [6, 6.07) is 0. The van der Waals surface area contributed by atoms with Gasteiger partial charge in [0.25, 0.3) is 0 Å². The lowest BCUT2D eigenvalue weighted by molar-refractivity contribution is -0.135. The van der Waals surface area contributed by atoms with E-state index in [0.29, 0.717) is 0 Å². The van der Waals surface area contributed by atoms with Crippen molar-refractivity contribution in [1.82, 2.24) is 0 Å². The maximum Gasteiger partial charge on any atom is 0.335 e. The molecule has 0 radical (unpaired) electrons. The van der Waals surface area contributed by atoms with E-state index in [1.54, 1.807) is 12.2 Å². The van der Waals surface area contributed by atoms with Crippen molar-refractivity contribution in [3.63, 3.8) is 0 Å². The van der Waals surface area contributed by atoms with Gasteiger partial charge in [0.05, 0.1) is 12.5 Å². The van der Waals surface area contributed by atoms with Crippen LogP contribution in [0.1, 0.15) is 52.4 Å². The van der Waals surface area contributed by atoms with Gasteiger partial charge in [0.2, 0.25) is 0 Å². The first-order valence-corrected chi connectivity index (χ1v) is 8.43. The highest BCUT2D eigenvalue weighted by molar-refractivity contribution is 5.92. The first-order valence-electron chi connectivity index (χ1n) is 8.43. The molecule has 0 spiro atoms. The summed E-state index contributed by atoms with van der Waals surface area (Å²) in [6.45, 7) is 4.26. The largest absolute Gasteiger partial charge is 0.431 e. The molecule has 0 atom stereocenters. The zero-order valence-corrected chi connectivity index (χ0v) is 14.6. The van der Waals surface area contributed by atoms with E-state index < -0.39 is 11.9 Å². The van der Waals surface area contributed by atoms with E-state index in [0.717, 1.165) is 50.7 Å². The van der Waals surface area contributed by atoms with Crippen LogP contribution >= 0.6 is 0 Å². The number of rotatable bonds is 12. The molecule has 0 aromatic heterocycles. The van der Waals surface area contributed by atoms with Crippen LogP contribution in [0.15, 0.2) is 61.1 Å². The molecule has 24 heavy (non-hydrogen) atoms.